The quantitative estimate of drug-likeness (QED) is 0.884. The van der Waals surface area contributed by atoms with Gasteiger partial charge in [-0.05, 0) is 32.2 Å². The van der Waals surface area contributed by atoms with Crippen molar-refractivity contribution in [2.45, 2.75) is 58.5 Å². The second-order valence-corrected chi connectivity index (χ2v) is 6.72. The molecule has 4 nitrogen and oxygen atoms in total. The summed E-state index contributed by atoms with van der Waals surface area (Å²) in [6.07, 6.45) is 8.68. The first-order chi connectivity index (χ1) is 10.3. The molecular formula is C16H26N4S. The van der Waals surface area contributed by atoms with E-state index in [-0.39, 0.29) is 0 Å². The average molecular weight is 306 g/mol. The summed E-state index contributed by atoms with van der Waals surface area (Å²) in [6.45, 7) is 7.51. The number of anilines is 1. The number of rotatable bonds is 6. The van der Waals surface area contributed by atoms with Gasteiger partial charge >= 0.3 is 0 Å². The Labute approximate surface area is 131 Å². The van der Waals surface area contributed by atoms with Crippen molar-refractivity contribution in [3.05, 3.63) is 17.3 Å². The van der Waals surface area contributed by atoms with Crippen molar-refractivity contribution in [1.82, 2.24) is 14.7 Å². The number of hydrogen-bond acceptors (Lipinski definition) is 4. The fourth-order valence-corrected chi connectivity index (χ4v) is 4.10. The normalized spacial score (nSPS) is 19.5. The third-order valence-corrected chi connectivity index (χ3v) is 5.16. The highest BCUT2D eigenvalue weighted by atomic mass is 32.1. The first-order valence-electron chi connectivity index (χ1n) is 8.27. The summed E-state index contributed by atoms with van der Waals surface area (Å²) in [4.78, 5) is 8.66. The fraction of sp³-hybridized carbons (Fsp3) is 0.688. The van der Waals surface area contributed by atoms with Crippen LogP contribution in [0, 0.1) is 0 Å². The predicted molar refractivity (Wildman–Crippen MR) is 90.3 cm³/mol. The van der Waals surface area contributed by atoms with E-state index in [1.807, 2.05) is 0 Å². The minimum Gasteiger partial charge on any atom is -0.352 e. The van der Waals surface area contributed by atoms with Crippen LogP contribution < -0.4 is 10.2 Å². The molecule has 1 fully saturated rings. The molecule has 116 valence electrons. The van der Waals surface area contributed by atoms with Crippen LogP contribution in [-0.4, -0.2) is 28.5 Å². The standard InChI is InChI=1S/C16H26N4S/c1-3-7-13-8-5-6-9-19(13)15-14(12-17-4-2)20-10-11-21-16(20)18-15/h10-11,13,17H,3-9,12H2,1-2H3. The van der Waals surface area contributed by atoms with E-state index in [2.05, 4.69) is 40.0 Å². The van der Waals surface area contributed by atoms with E-state index < -0.39 is 0 Å². The Bertz CT molecular complexity index is 572. The molecule has 5 heteroatoms. The molecule has 0 radical (unpaired) electrons. The third-order valence-electron chi connectivity index (χ3n) is 4.40. The molecule has 0 spiro atoms. The monoisotopic (exact) mass is 306 g/mol. The van der Waals surface area contributed by atoms with Crippen molar-refractivity contribution in [1.29, 1.82) is 0 Å². The van der Waals surface area contributed by atoms with Crippen LogP contribution in [0.25, 0.3) is 4.96 Å². The SMILES string of the molecule is CCCC1CCCCN1c1nc2sccn2c1CNCC. The highest BCUT2D eigenvalue weighted by Gasteiger charge is 2.27. The van der Waals surface area contributed by atoms with Crippen molar-refractivity contribution >= 4 is 22.1 Å². The van der Waals surface area contributed by atoms with Gasteiger partial charge in [-0.2, -0.15) is 0 Å². The summed E-state index contributed by atoms with van der Waals surface area (Å²) in [5.41, 5.74) is 1.33. The Kier molecular flexibility index (Phi) is 4.80. The Morgan fingerprint density at radius 1 is 1.38 bits per heavy atom. The van der Waals surface area contributed by atoms with E-state index in [1.165, 1.54) is 43.6 Å². The maximum Gasteiger partial charge on any atom is 0.195 e. The van der Waals surface area contributed by atoms with Gasteiger partial charge in [-0.1, -0.05) is 20.3 Å². The second kappa shape index (κ2) is 6.79. The third kappa shape index (κ3) is 2.94. The lowest BCUT2D eigenvalue weighted by molar-refractivity contribution is 0.431. The number of piperidine rings is 1. The number of fused-ring (bicyclic) bond motifs is 1. The fourth-order valence-electron chi connectivity index (χ4n) is 3.37. The van der Waals surface area contributed by atoms with Gasteiger partial charge in [-0.15, -0.1) is 11.3 Å². The molecule has 1 unspecified atom stereocenters. The highest BCUT2D eigenvalue weighted by Crippen LogP contribution is 2.31. The molecule has 0 amide bonds. The number of hydrogen-bond donors (Lipinski definition) is 1. The van der Waals surface area contributed by atoms with Crippen molar-refractivity contribution in [3.63, 3.8) is 0 Å². The van der Waals surface area contributed by atoms with Gasteiger partial charge in [0.1, 0.15) is 0 Å². The van der Waals surface area contributed by atoms with Gasteiger partial charge in [-0.3, -0.25) is 4.40 Å². The first-order valence-corrected chi connectivity index (χ1v) is 9.14. The smallest absolute Gasteiger partial charge is 0.195 e. The topological polar surface area (TPSA) is 32.6 Å². The first kappa shape index (κ1) is 14.9. The van der Waals surface area contributed by atoms with E-state index in [1.54, 1.807) is 11.3 Å². The van der Waals surface area contributed by atoms with Gasteiger partial charge < -0.3 is 10.2 Å². The van der Waals surface area contributed by atoms with Crippen LogP contribution in [0.15, 0.2) is 11.6 Å². The molecule has 1 saturated heterocycles. The molecule has 1 atom stereocenters. The lowest BCUT2D eigenvalue weighted by Crippen LogP contribution is -2.40. The minimum atomic E-state index is 0.675. The van der Waals surface area contributed by atoms with Crippen molar-refractivity contribution in [3.8, 4) is 0 Å². The molecule has 0 bridgehead atoms. The summed E-state index contributed by atoms with van der Waals surface area (Å²) in [5.74, 6) is 1.22. The van der Waals surface area contributed by atoms with Crippen molar-refractivity contribution < 1.29 is 0 Å². The summed E-state index contributed by atoms with van der Waals surface area (Å²) < 4.78 is 2.26. The number of thiazole rings is 1. The van der Waals surface area contributed by atoms with Crippen LogP contribution in [0.5, 0.6) is 0 Å². The zero-order valence-electron chi connectivity index (χ0n) is 13.1. The largest absolute Gasteiger partial charge is 0.352 e. The van der Waals surface area contributed by atoms with Crippen molar-refractivity contribution in [2.75, 3.05) is 18.0 Å². The Morgan fingerprint density at radius 2 is 2.29 bits per heavy atom. The van der Waals surface area contributed by atoms with Crippen LogP contribution >= 0.6 is 11.3 Å². The van der Waals surface area contributed by atoms with Gasteiger partial charge in [0.15, 0.2) is 10.8 Å². The van der Waals surface area contributed by atoms with Gasteiger partial charge in [0.25, 0.3) is 0 Å². The van der Waals surface area contributed by atoms with Crippen molar-refractivity contribution in [2.24, 2.45) is 0 Å². The summed E-state index contributed by atoms with van der Waals surface area (Å²) in [6, 6.07) is 0.675. The predicted octanol–water partition coefficient (Wildman–Crippen LogP) is 3.66. The Morgan fingerprint density at radius 3 is 3.10 bits per heavy atom. The molecule has 1 N–H and O–H groups in total. The van der Waals surface area contributed by atoms with Gasteiger partial charge in [-0.25, -0.2) is 4.98 Å². The number of imidazole rings is 1. The Hall–Kier alpha value is -1.07. The number of aromatic nitrogens is 2. The highest BCUT2D eigenvalue weighted by molar-refractivity contribution is 7.15. The Balaban J connectivity index is 1.94. The average Bonchev–Trinajstić information content (AvgIpc) is 3.07. The maximum atomic E-state index is 4.95. The van der Waals surface area contributed by atoms with E-state index in [4.69, 9.17) is 4.98 Å². The van der Waals surface area contributed by atoms with E-state index in [0.29, 0.717) is 6.04 Å². The molecule has 1 aliphatic rings. The lowest BCUT2D eigenvalue weighted by Gasteiger charge is -2.36. The molecule has 1 aliphatic heterocycles. The summed E-state index contributed by atoms with van der Waals surface area (Å²) >= 11 is 1.73. The van der Waals surface area contributed by atoms with Crippen LogP contribution in [-0.2, 0) is 6.54 Å². The second-order valence-electron chi connectivity index (χ2n) is 5.85. The molecular weight excluding hydrogens is 280 g/mol. The minimum absolute atomic E-state index is 0.675. The maximum absolute atomic E-state index is 4.95. The zero-order chi connectivity index (χ0) is 14.7. The molecule has 3 heterocycles. The zero-order valence-corrected chi connectivity index (χ0v) is 14.0. The molecule has 0 aromatic carbocycles. The van der Waals surface area contributed by atoms with E-state index in [9.17, 15) is 0 Å². The molecule has 21 heavy (non-hydrogen) atoms. The lowest BCUT2D eigenvalue weighted by atomic mass is 9.98. The van der Waals surface area contributed by atoms with Crippen LogP contribution in [0.2, 0.25) is 0 Å². The molecule has 0 aliphatic carbocycles. The molecule has 3 rings (SSSR count). The van der Waals surface area contributed by atoms with E-state index in [0.717, 1.165) is 24.6 Å². The number of nitrogens with one attached hydrogen (secondary N) is 1. The molecule has 0 saturated carbocycles. The molecule has 2 aromatic heterocycles. The van der Waals surface area contributed by atoms with E-state index >= 15 is 0 Å². The number of nitrogens with zero attached hydrogens (tertiary/aromatic N) is 3. The van der Waals surface area contributed by atoms with Gasteiger partial charge in [0.05, 0.1) is 5.69 Å². The van der Waals surface area contributed by atoms with Gasteiger partial charge in [0.2, 0.25) is 0 Å². The van der Waals surface area contributed by atoms with Crippen LogP contribution in [0.4, 0.5) is 5.82 Å². The molecule has 2 aromatic rings. The van der Waals surface area contributed by atoms with Gasteiger partial charge in [0, 0.05) is 30.7 Å². The van der Waals surface area contributed by atoms with Crippen LogP contribution in [0.3, 0.4) is 0 Å². The summed E-state index contributed by atoms with van der Waals surface area (Å²) in [5, 5.41) is 5.60. The summed E-state index contributed by atoms with van der Waals surface area (Å²) in [7, 11) is 0. The van der Waals surface area contributed by atoms with Crippen LogP contribution in [0.1, 0.15) is 51.6 Å².